The molecule has 0 saturated carbocycles. The zero-order valence-electron chi connectivity index (χ0n) is 16.3. The normalized spacial score (nSPS) is 14.7. The van der Waals surface area contributed by atoms with Crippen molar-refractivity contribution < 1.29 is 9.53 Å². The molecule has 30 heavy (non-hydrogen) atoms. The fraction of sp³-hybridized carbons (Fsp3) is 0.273. The fourth-order valence-electron chi connectivity index (χ4n) is 3.29. The van der Waals surface area contributed by atoms with Gasteiger partial charge < -0.3 is 9.64 Å². The lowest BCUT2D eigenvalue weighted by Gasteiger charge is -2.34. The summed E-state index contributed by atoms with van der Waals surface area (Å²) in [5, 5.41) is 4.13. The van der Waals surface area contributed by atoms with E-state index in [0.717, 1.165) is 35.9 Å². The Morgan fingerprint density at radius 2 is 1.83 bits per heavy atom. The first-order chi connectivity index (χ1) is 14.6. The molecule has 8 heteroatoms. The molecule has 0 aliphatic carbocycles. The van der Waals surface area contributed by atoms with E-state index in [4.69, 9.17) is 32.9 Å². The second kappa shape index (κ2) is 9.79. The molecule has 0 unspecified atom stereocenters. The van der Waals surface area contributed by atoms with Crippen molar-refractivity contribution in [3.63, 3.8) is 0 Å². The number of thiazole rings is 1. The van der Waals surface area contributed by atoms with Gasteiger partial charge in [-0.2, -0.15) is 0 Å². The minimum absolute atomic E-state index is 0.0335. The monoisotopic (exact) mass is 461 g/mol. The van der Waals surface area contributed by atoms with Crippen LogP contribution >= 0.6 is 34.5 Å². The first-order valence-electron chi connectivity index (χ1n) is 9.66. The predicted molar refractivity (Wildman–Crippen MR) is 121 cm³/mol. The van der Waals surface area contributed by atoms with Crippen molar-refractivity contribution in [2.45, 2.75) is 6.54 Å². The van der Waals surface area contributed by atoms with Gasteiger partial charge in [0.1, 0.15) is 10.8 Å². The van der Waals surface area contributed by atoms with E-state index in [9.17, 15) is 4.79 Å². The highest BCUT2D eigenvalue weighted by molar-refractivity contribution is 7.09. The zero-order valence-corrected chi connectivity index (χ0v) is 18.6. The first kappa shape index (κ1) is 21.1. The lowest BCUT2D eigenvalue weighted by atomic mass is 10.2. The van der Waals surface area contributed by atoms with Crippen LogP contribution in [0.2, 0.25) is 10.0 Å². The van der Waals surface area contributed by atoms with Crippen LogP contribution in [0.4, 0.5) is 0 Å². The van der Waals surface area contributed by atoms with Crippen molar-refractivity contribution >= 4 is 40.4 Å². The van der Waals surface area contributed by atoms with Crippen LogP contribution in [-0.4, -0.2) is 53.5 Å². The van der Waals surface area contributed by atoms with E-state index < -0.39 is 0 Å². The highest BCUT2D eigenvalue weighted by Gasteiger charge is 2.22. The van der Waals surface area contributed by atoms with E-state index in [1.165, 1.54) is 0 Å². The number of rotatable bonds is 6. The number of nitrogens with zero attached hydrogens (tertiary/aromatic N) is 3. The van der Waals surface area contributed by atoms with Crippen molar-refractivity contribution in [3.8, 4) is 17.0 Å². The molecule has 0 N–H and O–H groups in total. The summed E-state index contributed by atoms with van der Waals surface area (Å²) >= 11 is 13.6. The third kappa shape index (κ3) is 5.32. The second-order valence-electron chi connectivity index (χ2n) is 7.01. The van der Waals surface area contributed by atoms with Crippen LogP contribution < -0.4 is 4.74 Å². The SMILES string of the molecule is O=C(COc1ccc(Cl)cc1Cl)N1CCN(Cc2nc(-c3ccccc3)cs2)CC1. The van der Waals surface area contributed by atoms with Crippen molar-refractivity contribution in [2.75, 3.05) is 32.8 Å². The maximum Gasteiger partial charge on any atom is 0.260 e. The number of halogens is 2. The summed E-state index contributed by atoms with van der Waals surface area (Å²) in [5.74, 6) is 0.423. The van der Waals surface area contributed by atoms with Gasteiger partial charge in [0.15, 0.2) is 6.61 Å². The Labute approximate surface area is 189 Å². The number of hydrogen-bond donors (Lipinski definition) is 0. The van der Waals surface area contributed by atoms with Gasteiger partial charge in [-0.25, -0.2) is 4.98 Å². The van der Waals surface area contributed by atoms with Crippen molar-refractivity contribution in [2.24, 2.45) is 0 Å². The van der Waals surface area contributed by atoms with E-state index >= 15 is 0 Å². The number of carbonyl (C=O) groups excluding carboxylic acids is 1. The molecule has 1 aliphatic heterocycles. The summed E-state index contributed by atoms with van der Waals surface area (Å²) < 4.78 is 5.57. The molecule has 0 bridgehead atoms. The molecule has 4 rings (SSSR count). The minimum Gasteiger partial charge on any atom is -0.482 e. The van der Waals surface area contributed by atoms with Crippen molar-refractivity contribution in [1.29, 1.82) is 0 Å². The molecule has 0 spiro atoms. The number of ether oxygens (including phenoxy) is 1. The van der Waals surface area contributed by atoms with Crippen LogP contribution in [0.15, 0.2) is 53.9 Å². The van der Waals surface area contributed by atoms with Gasteiger partial charge in [0.2, 0.25) is 0 Å². The van der Waals surface area contributed by atoms with Gasteiger partial charge in [0.25, 0.3) is 5.91 Å². The molecule has 0 atom stereocenters. The molecule has 5 nitrogen and oxygen atoms in total. The lowest BCUT2D eigenvalue weighted by molar-refractivity contribution is -0.135. The molecule has 1 saturated heterocycles. The Morgan fingerprint density at radius 3 is 2.57 bits per heavy atom. The number of hydrogen-bond acceptors (Lipinski definition) is 5. The average Bonchev–Trinajstić information content (AvgIpc) is 3.22. The van der Waals surface area contributed by atoms with Gasteiger partial charge in [0.05, 0.1) is 17.3 Å². The standard InChI is InChI=1S/C22H21Cl2N3O2S/c23-17-6-7-20(18(24)12-17)29-14-22(28)27-10-8-26(9-11-27)13-21-25-19(15-30-21)16-4-2-1-3-5-16/h1-7,12,15H,8-11,13-14H2. The maximum absolute atomic E-state index is 12.5. The van der Waals surface area contributed by atoms with E-state index in [-0.39, 0.29) is 12.5 Å². The van der Waals surface area contributed by atoms with Gasteiger partial charge in [-0.05, 0) is 18.2 Å². The Bertz CT molecular complexity index is 1000. The van der Waals surface area contributed by atoms with Crippen LogP contribution in [0.1, 0.15) is 5.01 Å². The van der Waals surface area contributed by atoms with E-state index in [1.54, 1.807) is 29.5 Å². The summed E-state index contributed by atoms with van der Waals surface area (Å²) in [5.41, 5.74) is 2.15. The molecule has 1 fully saturated rings. The Morgan fingerprint density at radius 1 is 1.07 bits per heavy atom. The fourth-order valence-corrected chi connectivity index (χ4v) is 4.60. The maximum atomic E-state index is 12.5. The number of benzene rings is 2. The average molecular weight is 462 g/mol. The van der Waals surface area contributed by atoms with Gasteiger partial charge >= 0.3 is 0 Å². The quantitative estimate of drug-likeness (QED) is 0.526. The Balaban J connectivity index is 1.25. The molecule has 1 aromatic heterocycles. The lowest BCUT2D eigenvalue weighted by Crippen LogP contribution is -2.49. The molecule has 3 aromatic rings. The zero-order chi connectivity index (χ0) is 20.9. The molecule has 2 aromatic carbocycles. The predicted octanol–water partition coefficient (Wildman–Crippen LogP) is 4.84. The third-order valence-corrected chi connectivity index (χ3v) is 6.31. The van der Waals surface area contributed by atoms with E-state index in [1.807, 2.05) is 23.1 Å². The summed E-state index contributed by atoms with van der Waals surface area (Å²) in [6, 6.07) is 15.2. The third-order valence-electron chi connectivity index (χ3n) is 4.95. The van der Waals surface area contributed by atoms with Crippen LogP contribution in [0.5, 0.6) is 5.75 Å². The van der Waals surface area contributed by atoms with Gasteiger partial charge in [0, 0.05) is 42.1 Å². The molecule has 2 heterocycles. The largest absolute Gasteiger partial charge is 0.482 e. The number of carbonyl (C=O) groups is 1. The summed E-state index contributed by atoms with van der Waals surface area (Å²) in [6.45, 7) is 3.74. The molecule has 1 amide bonds. The molecule has 1 aliphatic rings. The first-order valence-corrected chi connectivity index (χ1v) is 11.3. The van der Waals surface area contributed by atoms with Gasteiger partial charge in [-0.15, -0.1) is 11.3 Å². The van der Waals surface area contributed by atoms with Crippen molar-refractivity contribution in [3.05, 3.63) is 69.0 Å². The minimum atomic E-state index is -0.0405. The van der Waals surface area contributed by atoms with Gasteiger partial charge in [-0.1, -0.05) is 53.5 Å². The number of amides is 1. The Hall–Kier alpha value is -2.12. The van der Waals surface area contributed by atoms with Crippen molar-refractivity contribution in [1.82, 2.24) is 14.8 Å². The summed E-state index contributed by atoms with van der Waals surface area (Å²) in [7, 11) is 0. The smallest absolute Gasteiger partial charge is 0.260 e. The number of piperazine rings is 1. The van der Waals surface area contributed by atoms with Crippen LogP contribution in [0, 0.1) is 0 Å². The van der Waals surface area contributed by atoms with Crippen LogP contribution in [-0.2, 0) is 11.3 Å². The highest BCUT2D eigenvalue weighted by Crippen LogP contribution is 2.27. The summed E-state index contributed by atoms with van der Waals surface area (Å²) in [6.07, 6.45) is 0. The van der Waals surface area contributed by atoms with Crippen LogP contribution in [0.3, 0.4) is 0 Å². The number of aromatic nitrogens is 1. The molecule has 156 valence electrons. The molecular weight excluding hydrogens is 441 g/mol. The van der Waals surface area contributed by atoms with E-state index in [2.05, 4.69) is 22.4 Å². The molecule has 0 radical (unpaired) electrons. The van der Waals surface area contributed by atoms with E-state index in [0.29, 0.717) is 28.9 Å². The second-order valence-corrected chi connectivity index (χ2v) is 8.80. The van der Waals surface area contributed by atoms with Crippen LogP contribution in [0.25, 0.3) is 11.3 Å². The highest BCUT2D eigenvalue weighted by atomic mass is 35.5. The topological polar surface area (TPSA) is 45.7 Å². The van der Waals surface area contributed by atoms with Gasteiger partial charge in [-0.3, -0.25) is 9.69 Å². The summed E-state index contributed by atoms with van der Waals surface area (Å²) in [4.78, 5) is 21.4. The Kier molecular flexibility index (Phi) is 6.89. The molecular formula is C22H21Cl2N3O2S.